The molecule has 2 aromatic rings. The van der Waals surface area contributed by atoms with Crippen molar-refractivity contribution in [1.82, 2.24) is 15.2 Å². The maximum atomic E-state index is 13.9. The van der Waals surface area contributed by atoms with Gasteiger partial charge < -0.3 is 32.1 Å². The number of hydrogen-bond acceptors (Lipinski definition) is 2. The average molecular weight is 575 g/mol. The van der Waals surface area contributed by atoms with Crippen molar-refractivity contribution in [2.45, 2.75) is 115 Å². The number of carbonyl (C=O) groups is 2. The number of quaternary nitrogens is 1. The zero-order chi connectivity index (χ0) is 28.1. The van der Waals surface area contributed by atoms with Gasteiger partial charge in [0.1, 0.15) is 6.04 Å². The number of nitrogens with zero attached hydrogens (tertiary/aromatic N) is 2. The molecular weight excluding hydrogens is 520 g/mol. The summed E-state index contributed by atoms with van der Waals surface area (Å²) in [4.78, 5) is 32.2. The summed E-state index contributed by atoms with van der Waals surface area (Å²) in [7, 11) is 6.24. The Bertz CT molecular complexity index is 1020. The predicted molar refractivity (Wildman–Crippen MR) is 163 cm³/mol. The molecule has 1 aliphatic heterocycles. The third-order valence-corrected chi connectivity index (χ3v) is 8.48. The summed E-state index contributed by atoms with van der Waals surface area (Å²) in [5.41, 5.74) is 2.25. The topological polar surface area (TPSA) is 65.2 Å². The van der Waals surface area contributed by atoms with Gasteiger partial charge in [0.2, 0.25) is 5.91 Å². The maximum Gasteiger partial charge on any atom is 0.281 e. The second kappa shape index (κ2) is 17.7. The van der Waals surface area contributed by atoms with Gasteiger partial charge in [-0.15, -0.1) is 0 Å². The van der Waals surface area contributed by atoms with Crippen molar-refractivity contribution in [3.63, 3.8) is 0 Å². The molecule has 6 nitrogen and oxygen atoms in total. The van der Waals surface area contributed by atoms with Crippen LogP contribution in [-0.4, -0.2) is 72.5 Å². The molecule has 2 N–H and O–H groups in total. The first-order valence-electron chi connectivity index (χ1n) is 15.8. The van der Waals surface area contributed by atoms with Gasteiger partial charge in [-0.2, -0.15) is 0 Å². The molecule has 1 fully saturated rings. The van der Waals surface area contributed by atoms with Gasteiger partial charge in [-0.3, -0.25) is 9.59 Å². The van der Waals surface area contributed by atoms with Crippen LogP contribution >= 0.6 is 0 Å². The highest BCUT2D eigenvalue weighted by Gasteiger charge is 2.42. The van der Waals surface area contributed by atoms with Crippen LogP contribution in [0.4, 0.5) is 0 Å². The van der Waals surface area contributed by atoms with Crippen LogP contribution in [0.1, 0.15) is 102 Å². The van der Waals surface area contributed by atoms with E-state index in [0.717, 1.165) is 36.8 Å². The Morgan fingerprint density at radius 3 is 2.17 bits per heavy atom. The van der Waals surface area contributed by atoms with E-state index in [2.05, 4.69) is 50.5 Å². The van der Waals surface area contributed by atoms with Crippen molar-refractivity contribution in [2.24, 2.45) is 0 Å². The highest BCUT2D eigenvalue weighted by molar-refractivity contribution is 5.91. The number of rotatable bonds is 18. The summed E-state index contributed by atoms with van der Waals surface area (Å²) >= 11 is 0. The van der Waals surface area contributed by atoms with Crippen molar-refractivity contribution >= 4 is 22.7 Å². The number of unbranched alkanes of at least 4 members (excludes halogenated alkanes) is 11. The molecule has 1 aliphatic rings. The third kappa shape index (κ3) is 10.4. The van der Waals surface area contributed by atoms with Gasteiger partial charge in [-0.25, -0.2) is 0 Å². The number of halogens is 1. The minimum Gasteiger partial charge on any atom is -1.00 e. The summed E-state index contributed by atoms with van der Waals surface area (Å²) < 4.78 is 0.530. The minimum absolute atomic E-state index is 0. The van der Waals surface area contributed by atoms with Gasteiger partial charge in [-0.1, -0.05) is 95.8 Å². The number of nitrogens with one attached hydrogen (secondary N) is 2. The van der Waals surface area contributed by atoms with Crippen LogP contribution in [0.15, 0.2) is 30.5 Å². The van der Waals surface area contributed by atoms with E-state index < -0.39 is 0 Å². The van der Waals surface area contributed by atoms with Gasteiger partial charge in [0.05, 0.1) is 21.1 Å². The first-order chi connectivity index (χ1) is 18.8. The number of carbonyl (C=O) groups excluding carboxylic acids is 2. The fraction of sp³-hybridized carbons (Fsp3) is 0.697. The van der Waals surface area contributed by atoms with Crippen LogP contribution in [0, 0.1) is 0 Å². The second-order valence-electron chi connectivity index (χ2n) is 12.6. The second-order valence-corrected chi connectivity index (χ2v) is 12.6. The fourth-order valence-corrected chi connectivity index (χ4v) is 5.99. The predicted octanol–water partition coefficient (Wildman–Crippen LogP) is 3.60. The number of H-pyrrole nitrogens is 1. The van der Waals surface area contributed by atoms with E-state index in [4.69, 9.17) is 0 Å². The highest BCUT2D eigenvalue weighted by Crippen LogP contribution is 2.25. The van der Waals surface area contributed by atoms with Crippen molar-refractivity contribution < 1.29 is 26.5 Å². The van der Waals surface area contributed by atoms with Gasteiger partial charge in [0.25, 0.3) is 5.91 Å². The van der Waals surface area contributed by atoms with Crippen molar-refractivity contribution in [3.05, 3.63) is 36.0 Å². The first kappa shape index (κ1) is 34.2. The lowest BCUT2D eigenvalue weighted by Gasteiger charge is -2.36. The smallest absolute Gasteiger partial charge is 0.281 e. The summed E-state index contributed by atoms with van der Waals surface area (Å²) in [6, 6.07) is 7.66. The molecule has 2 heterocycles. The molecule has 1 aromatic carbocycles. The molecule has 0 saturated carbocycles. The molecular formula is C33H55ClN4O2. The third-order valence-electron chi connectivity index (χ3n) is 8.48. The lowest BCUT2D eigenvalue weighted by atomic mass is 10.0. The van der Waals surface area contributed by atoms with E-state index in [1.165, 1.54) is 69.6 Å². The first-order valence-corrected chi connectivity index (χ1v) is 15.8. The van der Waals surface area contributed by atoms with Gasteiger partial charge in [0, 0.05) is 36.6 Å². The van der Waals surface area contributed by atoms with E-state index >= 15 is 0 Å². The monoisotopic (exact) mass is 574 g/mol. The summed E-state index contributed by atoms with van der Waals surface area (Å²) in [5.74, 6) is 0.118. The standard InChI is InChI=1S/C33H54N4O2.ClH/c1-5-6-7-8-9-10-11-12-13-14-15-18-23-34-32(38)30-22-19-24-36(30)33(39)31(37(2,3)4)25-27-26-35-29-21-17-16-20-28(27)29;/h16-17,20-21,26,30-31,35H,5-15,18-19,22-25H2,1-4H3;1H/t30-,31-;/m0./s1. The molecule has 3 rings (SSSR count). The fourth-order valence-electron chi connectivity index (χ4n) is 5.99. The Morgan fingerprint density at radius 2 is 1.55 bits per heavy atom. The molecule has 2 atom stereocenters. The molecule has 0 unspecified atom stereocenters. The van der Waals surface area contributed by atoms with E-state index in [1.807, 2.05) is 23.2 Å². The van der Waals surface area contributed by atoms with Crippen LogP contribution in [0.5, 0.6) is 0 Å². The van der Waals surface area contributed by atoms with Gasteiger partial charge >= 0.3 is 0 Å². The minimum atomic E-state index is -0.341. The number of amides is 2. The Kier molecular flexibility index (Phi) is 15.1. The van der Waals surface area contributed by atoms with E-state index in [-0.39, 0.29) is 36.3 Å². The summed E-state index contributed by atoms with van der Waals surface area (Å²) in [6.45, 7) is 3.65. The molecule has 0 radical (unpaired) electrons. The van der Waals surface area contributed by atoms with Crippen LogP contribution < -0.4 is 17.7 Å². The molecule has 1 aromatic heterocycles. The Morgan fingerprint density at radius 1 is 0.950 bits per heavy atom. The molecule has 0 bridgehead atoms. The van der Waals surface area contributed by atoms with Crippen molar-refractivity contribution in [3.8, 4) is 0 Å². The number of aromatic nitrogens is 1. The lowest BCUT2D eigenvalue weighted by Crippen LogP contribution is -3.00. The quantitative estimate of drug-likeness (QED) is 0.211. The van der Waals surface area contributed by atoms with Gasteiger partial charge in [0.15, 0.2) is 6.04 Å². The molecule has 2 amide bonds. The molecule has 7 heteroatoms. The van der Waals surface area contributed by atoms with E-state index in [9.17, 15) is 9.59 Å². The SMILES string of the molecule is CCCCCCCCCCCCCCNC(=O)[C@@H]1CCCN1C(=O)[C@H](Cc1c[nH]c2ccccc12)[N+](C)(C)C.[Cl-]. The van der Waals surface area contributed by atoms with E-state index in [1.54, 1.807) is 0 Å². The number of benzene rings is 1. The zero-order valence-corrected chi connectivity index (χ0v) is 26.4. The Hall–Kier alpha value is -2.05. The highest BCUT2D eigenvalue weighted by atomic mass is 35.5. The number of para-hydroxylation sites is 1. The number of fused-ring (bicyclic) bond motifs is 1. The number of likely N-dealkylation sites (tertiary alicyclic amines) is 1. The van der Waals surface area contributed by atoms with Crippen molar-refractivity contribution in [2.75, 3.05) is 34.2 Å². The van der Waals surface area contributed by atoms with Crippen LogP contribution in [0.2, 0.25) is 0 Å². The maximum absolute atomic E-state index is 13.9. The van der Waals surface area contributed by atoms with Crippen LogP contribution in [-0.2, 0) is 16.0 Å². The molecule has 0 spiro atoms. The average Bonchev–Trinajstić information content (AvgIpc) is 3.56. The Balaban J connectivity index is 0.00000560. The zero-order valence-electron chi connectivity index (χ0n) is 25.7. The molecule has 226 valence electrons. The lowest BCUT2D eigenvalue weighted by molar-refractivity contribution is -0.886. The Labute approximate surface area is 249 Å². The normalized spacial score (nSPS) is 16.2. The van der Waals surface area contributed by atoms with Gasteiger partial charge in [-0.05, 0) is 30.9 Å². The summed E-state index contributed by atoms with van der Waals surface area (Å²) in [6.07, 6.45) is 20.0. The molecule has 1 saturated heterocycles. The largest absolute Gasteiger partial charge is 1.00 e. The number of aromatic amines is 1. The number of hydrogen-bond donors (Lipinski definition) is 2. The molecule has 0 aliphatic carbocycles. The molecule has 40 heavy (non-hydrogen) atoms. The summed E-state index contributed by atoms with van der Waals surface area (Å²) in [5, 5.41) is 4.32. The van der Waals surface area contributed by atoms with E-state index in [0.29, 0.717) is 24.0 Å². The van der Waals surface area contributed by atoms with Crippen molar-refractivity contribution in [1.29, 1.82) is 0 Å². The van der Waals surface area contributed by atoms with Crippen LogP contribution in [0.25, 0.3) is 10.9 Å². The van der Waals surface area contributed by atoms with Crippen LogP contribution in [0.3, 0.4) is 0 Å². The number of likely N-dealkylation sites (N-methyl/N-ethyl adjacent to an activating group) is 1.